The highest BCUT2D eigenvalue weighted by atomic mass is 32.1. The molecule has 0 spiro atoms. The Balaban J connectivity index is 1.67. The van der Waals surface area contributed by atoms with E-state index in [2.05, 4.69) is 20.4 Å². The molecule has 1 aromatic carbocycles. The summed E-state index contributed by atoms with van der Waals surface area (Å²) in [7, 11) is 0. The number of benzene rings is 1. The highest BCUT2D eigenvalue weighted by molar-refractivity contribution is 7.22. The molecule has 0 saturated heterocycles. The van der Waals surface area contributed by atoms with E-state index >= 15 is 0 Å². The fourth-order valence-corrected chi connectivity index (χ4v) is 2.43. The molecule has 0 saturated carbocycles. The summed E-state index contributed by atoms with van der Waals surface area (Å²) in [5.41, 5.74) is 0.667. The molecule has 3 rings (SSSR count). The molecule has 18 heavy (non-hydrogen) atoms. The summed E-state index contributed by atoms with van der Waals surface area (Å²) < 4.78 is 18.8. The van der Waals surface area contributed by atoms with Crippen LogP contribution in [0.3, 0.4) is 0 Å². The van der Waals surface area contributed by atoms with Gasteiger partial charge < -0.3 is 9.84 Å². The summed E-state index contributed by atoms with van der Waals surface area (Å²) in [4.78, 5) is 8.21. The number of fused-ring (bicyclic) bond motifs is 1. The van der Waals surface area contributed by atoms with Crippen molar-refractivity contribution < 1.29 is 8.91 Å². The summed E-state index contributed by atoms with van der Waals surface area (Å²) >= 11 is 1.49. The van der Waals surface area contributed by atoms with Crippen LogP contribution in [-0.2, 0) is 6.42 Å². The van der Waals surface area contributed by atoms with Crippen LogP contribution in [0.25, 0.3) is 10.2 Å². The molecule has 0 fully saturated rings. The molecule has 0 unspecified atom stereocenters. The maximum Gasteiger partial charge on any atom is 0.228 e. The molecule has 0 aliphatic carbocycles. The Morgan fingerprint density at radius 3 is 3.17 bits per heavy atom. The number of thiazole rings is 1. The van der Waals surface area contributed by atoms with E-state index in [1.165, 1.54) is 29.8 Å². The van der Waals surface area contributed by atoms with Gasteiger partial charge in [0.1, 0.15) is 5.82 Å². The zero-order valence-corrected chi connectivity index (χ0v) is 10.1. The first kappa shape index (κ1) is 11.1. The molecule has 0 amide bonds. The molecule has 0 bridgehead atoms. The van der Waals surface area contributed by atoms with E-state index in [9.17, 15) is 4.39 Å². The van der Waals surface area contributed by atoms with E-state index in [-0.39, 0.29) is 5.82 Å². The van der Waals surface area contributed by atoms with Crippen molar-refractivity contribution >= 4 is 26.7 Å². The first-order valence-electron chi connectivity index (χ1n) is 5.37. The second kappa shape index (κ2) is 4.69. The standard InChI is InChI=1S/C11H9FN4OS/c12-7-1-2-9-8(5-7)16-11(18-9)13-4-3-10-14-6-15-17-10/h1-2,5-6H,3-4H2,(H,13,16). The summed E-state index contributed by atoms with van der Waals surface area (Å²) in [5, 5.41) is 7.43. The van der Waals surface area contributed by atoms with Crippen LogP contribution in [-0.4, -0.2) is 21.7 Å². The Kier molecular flexibility index (Phi) is 2.89. The van der Waals surface area contributed by atoms with Crippen LogP contribution in [0.15, 0.2) is 29.0 Å². The number of hydrogen-bond acceptors (Lipinski definition) is 6. The third kappa shape index (κ3) is 2.30. The van der Waals surface area contributed by atoms with Crippen molar-refractivity contribution in [2.75, 3.05) is 11.9 Å². The fraction of sp³-hybridized carbons (Fsp3) is 0.182. The lowest BCUT2D eigenvalue weighted by Crippen LogP contribution is -2.04. The molecule has 3 aromatic rings. The normalized spacial score (nSPS) is 10.9. The Hall–Kier alpha value is -2.02. The van der Waals surface area contributed by atoms with E-state index in [1.54, 1.807) is 6.07 Å². The summed E-state index contributed by atoms with van der Waals surface area (Å²) in [6, 6.07) is 4.59. The predicted octanol–water partition coefficient (Wildman–Crippen LogP) is 2.47. The van der Waals surface area contributed by atoms with E-state index in [0.29, 0.717) is 24.4 Å². The largest absolute Gasteiger partial charge is 0.361 e. The van der Waals surface area contributed by atoms with E-state index in [4.69, 9.17) is 4.52 Å². The van der Waals surface area contributed by atoms with Crippen molar-refractivity contribution in [3.8, 4) is 0 Å². The van der Waals surface area contributed by atoms with Gasteiger partial charge in [0.25, 0.3) is 0 Å². The first-order valence-corrected chi connectivity index (χ1v) is 6.18. The Morgan fingerprint density at radius 2 is 2.33 bits per heavy atom. The molecule has 5 nitrogen and oxygen atoms in total. The number of halogens is 1. The van der Waals surface area contributed by atoms with Crippen LogP contribution < -0.4 is 5.32 Å². The van der Waals surface area contributed by atoms with Crippen LogP contribution in [0.4, 0.5) is 9.52 Å². The van der Waals surface area contributed by atoms with Gasteiger partial charge in [0.05, 0.1) is 10.2 Å². The van der Waals surface area contributed by atoms with Crippen LogP contribution in [0.2, 0.25) is 0 Å². The highest BCUT2D eigenvalue weighted by Crippen LogP contribution is 2.26. The minimum Gasteiger partial charge on any atom is -0.361 e. The second-order valence-electron chi connectivity index (χ2n) is 3.64. The third-order valence-corrected chi connectivity index (χ3v) is 3.37. The molecule has 92 valence electrons. The van der Waals surface area contributed by atoms with Crippen LogP contribution in [0.1, 0.15) is 5.89 Å². The molecule has 0 aliphatic heterocycles. The van der Waals surface area contributed by atoms with Crippen molar-refractivity contribution in [2.24, 2.45) is 0 Å². The van der Waals surface area contributed by atoms with Crippen molar-refractivity contribution in [3.63, 3.8) is 0 Å². The maximum absolute atomic E-state index is 13.0. The lowest BCUT2D eigenvalue weighted by Gasteiger charge is -1.97. The van der Waals surface area contributed by atoms with Crippen LogP contribution in [0.5, 0.6) is 0 Å². The van der Waals surface area contributed by atoms with Gasteiger partial charge in [-0.3, -0.25) is 0 Å². The molecule has 1 N–H and O–H groups in total. The summed E-state index contributed by atoms with van der Waals surface area (Å²) in [5.74, 6) is 0.305. The van der Waals surface area contributed by atoms with Crippen LogP contribution in [0, 0.1) is 5.82 Å². The van der Waals surface area contributed by atoms with Crippen molar-refractivity contribution in [3.05, 3.63) is 36.2 Å². The Labute approximate surface area is 106 Å². The minimum atomic E-state index is -0.273. The zero-order chi connectivity index (χ0) is 12.4. The second-order valence-corrected chi connectivity index (χ2v) is 4.67. The quantitative estimate of drug-likeness (QED) is 0.784. The maximum atomic E-state index is 13.0. The van der Waals surface area contributed by atoms with E-state index in [1.807, 2.05) is 0 Å². The SMILES string of the molecule is Fc1ccc2sc(NCCc3ncno3)nc2c1. The van der Waals surface area contributed by atoms with Gasteiger partial charge in [-0.15, -0.1) is 0 Å². The molecular weight excluding hydrogens is 255 g/mol. The first-order chi connectivity index (χ1) is 8.81. The molecule has 2 heterocycles. The van der Waals surface area contributed by atoms with Gasteiger partial charge in [0, 0.05) is 19.0 Å². The number of rotatable bonds is 4. The van der Waals surface area contributed by atoms with Gasteiger partial charge in [0.15, 0.2) is 11.5 Å². The van der Waals surface area contributed by atoms with Gasteiger partial charge in [-0.05, 0) is 12.1 Å². The average molecular weight is 264 g/mol. The average Bonchev–Trinajstić information content (AvgIpc) is 2.97. The van der Waals surface area contributed by atoms with Gasteiger partial charge >= 0.3 is 0 Å². The lowest BCUT2D eigenvalue weighted by molar-refractivity contribution is 0.380. The van der Waals surface area contributed by atoms with Crippen molar-refractivity contribution in [1.29, 1.82) is 0 Å². The van der Waals surface area contributed by atoms with Gasteiger partial charge in [-0.2, -0.15) is 4.98 Å². The van der Waals surface area contributed by atoms with E-state index in [0.717, 1.165) is 9.83 Å². The predicted molar refractivity (Wildman–Crippen MR) is 66.1 cm³/mol. The molecule has 7 heteroatoms. The number of aromatic nitrogens is 3. The molecule has 0 radical (unpaired) electrons. The monoisotopic (exact) mass is 264 g/mol. The fourth-order valence-electron chi connectivity index (χ4n) is 1.56. The Morgan fingerprint density at radius 1 is 1.39 bits per heavy atom. The lowest BCUT2D eigenvalue weighted by atomic mass is 10.3. The van der Waals surface area contributed by atoms with E-state index < -0.39 is 0 Å². The van der Waals surface area contributed by atoms with Crippen LogP contribution >= 0.6 is 11.3 Å². The molecule has 0 aliphatic rings. The Bertz CT molecular complexity index is 652. The van der Waals surface area contributed by atoms with Gasteiger partial charge in [-0.1, -0.05) is 16.5 Å². The zero-order valence-electron chi connectivity index (χ0n) is 9.26. The molecule has 2 aromatic heterocycles. The topological polar surface area (TPSA) is 63.8 Å². The van der Waals surface area contributed by atoms with Gasteiger partial charge in [0.2, 0.25) is 5.89 Å². The smallest absolute Gasteiger partial charge is 0.228 e. The third-order valence-electron chi connectivity index (χ3n) is 2.37. The minimum absolute atomic E-state index is 0.273. The van der Waals surface area contributed by atoms with Crippen molar-refractivity contribution in [1.82, 2.24) is 15.1 Å². The van der Waals surface area contributed by atoms with Gasteiger partial charge in [-0.25, -0.2) is 9.37 Å². The summed E-state index contributed by atoms with van der Waals surface area (Å²) in [6.07, 6.45) is 2.00. The number of anilines is 1. The number of hydrogen-bond donors (Lipinski definition) is 1. The number of nitrogens with zero attached hydrogens (tertiary/aromatic N) is 3. The molecular formula is C11H9FN4OS. The van der Waals surface area contributed by atoms with Crippen molar-refractivity contribution in [2.45, 2.75) is 6.42 Å². The number of nitrogens with one attached hydrogen (secondary N) is 1. The summed E-state index contributed by atoms with van der Waals surface area (Å²) in [6.45, 7) is 0.643. The highest BCUT2D eigenvalue weighted by Gasteiger charge is 2.05. The molecule has 0 atom stereocenters.